The molecule has 20 heavy (non-hydrogen) atoms. The number of benzene rings is 1. The number of nitrogens with zero attached hydrogens (tertiary/aromatic N) is 3. The van der Waals surface area contributed by atoms with E-state index in [1.54, 1.807) is 0 Å². The van der Waals surface area contributed by atoms with Gasteiger partial charge in [0.15, 0.2) is 0 Å². The van der Waals surface area contributed by atoms with Crippen molar-refractivity contribution in [1.29, 1.82) is 0 Å². The van der Waals surface area contributed by atoms with Gasteiger partial charge in [0.25, 0.3) is 0 Å². The molecule has 2 heterocycles. The van der Waals surface area contributed by atoms with Gasteiger partial charge in [-0.25, -0.2) is 0 Å². The fraction of sp³-hybridized carbons (Fsp3) is 0.467. The molecule has 1 saturated carbocycles. The Bertz CT molecular complexity index is 598. The second-order valence-corrected chi connectivity index (χ2v) is 5.80. The van der Waals surface area contributed by atoms with Gasteiger partial charge >= 0.3 is 0 Å². The third-order valence-electron chi connectivity index (χ3n) is 4.46. The summed E-state index contributed by atoms with van der Waals surface area (Å²) < 4.78 is 5.33. The molecule has 2 aromatic rings. The molecule has 0 bridgehead atoms. The monoisotopic (exact) mass is 271 g/mol. The number of fused-ring (bicyclic) bond motifs is 1. The molecule has 2 fully saturated rings. The molecule has 4 rings (SSSR count). The molecule has 1 aromatic carbocycles. The quantitative estimate of drug-likeness (QED) is 0.917. The Morgan fingerprint density at radius 1 is 1.25 bits per heavy atom. The Hall–Kier alpha value is -1.72. The van der Waals surface area contributed by atoms with Crippen molar-refractivity contribution in [1.82, 2.24) is 15.0 Å². The number of hydrogen-bond acceptors (Lipinski definition) is 5. The third-order valence-corrected chi connectivity index (χ3v) is 4.46. The Morgan fingerprint density at radius 3 is 2.85 bits per heavy atom. The van der Waals surface area contributed by atoms with E-state index in [-0.39, 0.29) is 6.10 Å². The fourth-order valence-electron chi connectivity index (χ4n) is 3.31. The molecule has 0 unspecified atom stereocenters. The highest BCUT2D eigenvalue weighted by Gasteiger charge is 2.46. The maximum absolute atomic E-state index is 9.68. The molecule has 1 aliphatic carbocycles. The van der Waals surface area contributed by atoms with Gasteiger partial charge < -0.3 is 9.63 Å². The number of aromatic nitrogens is 2. The van der Waals surface area contributed by atoms with Crippen LogP contribution < -0.4 is 0 Å². The number of aliphatic hydroxyl groups is 1. The predicted octanol–water partition coefficient (Wildman–Crippen LogP) is 1.55. The van der Waals surface area contributed by atoms with Crippen LogP contribution in [0.25, 0.3) is 11.4 Å². The molecule has 2 aliphatic rings. The standard InChI is InChI=1S/C15H17N3O2/c19-13-6-11-7-18(8-12(11)13)9-14-16-15(17-20-14)10-4-2-1-3-5-10/h1-5,11-13,19H,6-9H2/t11-,12+,13-/m1/s1. The van der Waals surface area contributed by atoms with Crippen molar-refractivity contribution in [2.45, 2.75) is 19.1 Å². The number of aliphatic hydroxyl groups excluding tert-OH is 1. The Labute approximate surface area is 117 Å². The van der Waals surface area contributed by atoms with Gasteiger partial charge in [-0.3, -0.25) is 4.90 Å². The smallest absolute Gasteiger partial charge is 0.241 e. The Balaban J connectivity index is 1.44. The van der Waals surface area contributed by atoms with E-state index in [2.05, 4.69) is 15.0 Å². The van der Waals surface area contributed by atoms with Crippen LogP contribution in [0.3, 0.4) is 0 Å². The maximum Gasteiger partial charge on any atom is 0.241 e. The first-order chi connectivity index (χ1) is 9.79. The molecule has 5 heteroatoms. The zero-order valence-electron chi connectivity index (χ0n) is 11.1. The average molecular weight is 271 g/mol. The van der Waals surface area contributed by atoms with Gasteiger partial charge in [-0.1, -0.05) is 35.5 Å². The highest BCUT2D eigenvalue weighted by Crippen LogP contribution is 2.41. The van der Waals surface area contributed by atoms with Crippen LogP contribution >= 0.6 is 0 Å². The summed E-state index contributed by atoms with van der Waals surface area (Å²) in [5.41, 5.74) is 0.972. The molecule has 0 spiro atoms. The van der Waals surface area contributed by atoms with E-state index in [0.29, 0.717) is 30.1 Å². The van der Waals surface area contributed by atoms with Crippen LogP contribution in [0, 0.1) is 11.8 Å². The highest BCUT2D eigenvalue weighted by molar-refractivity contribution is 5.53. The molecular formula is C15H17N3O2. The van der Waals surface area contributed by atoms with Gasteiger partial charge in [0, 0.05) is 24.6 Å². The van der Waals surface area contributed by atoms with Crippen molar-refractivity contribution in [3.8, 4) is 11.4 Å². The molecule has 104 valence electrons. The minimum atomic E-state index is -0.104. The van der Waals surface area contributed by atoms with E-state index >= 15 is 0 Å². The third kappa shape index (κ3) is 2.03. The number of hydrogen-bond donors (Lipinski definition) is 1. The summed E-state index contributed by atoms with van der Waals surface area (Å²) >= 11 is 0. The lowest BCUT2D eigenvalue weighted by molar-refractivity contribution is -0.00437. The first kappa shape index (κ1) is 12.1. The summed E-state index contributed by atoms with van der Waals surface area (Å²) in [5.74, 6) is 2.40. The summed E-state index contributed by atoms with van der Waals surface area (Å²) in [6, 6.07) is 9.84. The molecule has 3 atom stereocenters. The van der Waals surface area contributed by atoms with Crippen LogP contribution in [0.1, 0.15) is 12.3 Å². The van der Waals surface area contributed by atoms with Crippen LogP contribution in [0.4, 0.5) is 0 Å². The first-order valence-corrected chi connectivity index (χ1v) is 7.08. The summed E-state index contributed by atoms with van der Waals surface area (Å²) in [4.78, 5) is 6.75. The zero-order valence-corrected chi connectivity index (χ0v) is 11.1. The molecule has 0 radical (unpaired) electrons. The lowest BCUT2D eigenvalue weighted by atomic mass is 9.74. The van der Waals surface area contributed by atoms with Crippen molar-refractivity contribution in [3.05, 3.63) is 36.2 Å². The predicted molar refractivity (Wildman–Crippen MR) is 72.6 cm³/mol. The van der Waals surface area contributed by atoms with Gasteiger partial charge in [0.2, 0.25) is 11.7 Å². The van der Waals surface area contributed by atoms with E-state index in [4.69, 9.17) is 4.52 Å². The van der Waals surface area contributed by atoms with E-state index in [0.717, 1.165) is 25.1 Å². The first-order valence-electron chi connectivity index (χ1n) is 7.08. The van der Waals surface area contributed by atoms with E-state index in [1.807, 2.05) is 30.3 Å². The molecule has 1 aliphatic heterocycles. The van der Waals surface area contributed by atoms with E-state index < -0.39 is 0 Å². The lowest BCUT2D eigenvalue weighted by Crippen LogP contribution is -2.39. The average Bonchev–Trinajstić information content (AvgIpc) is 3.05. The van der Waals surface area contributed by atoms with Crippen LogP contribution in [0.15, 0.2) is 34.9 Å². The van der Waals surface area contributed by atoms with Crippen molar-refractivity contribution < 1.29 is 9.63 Å². The normalized spacial score (nSPS) is 29.1. The zero-order chi connectivity index (χ0) is 13.5. The Morgan fingerprint density at radius 2 is 2.10 bits per heavy atom. The summed E-state index contributed by atoms with van der Waals surface area (Å²) in [7, 11) is 0. The highest BCUT2D eigenvalue weighted by atomic mass is 16.5. The Kier molecular flexibility index (Phi) is 2.82. The fourth-order valence-corrected chi connectivity index (χ4v) is 3.31. The van der Waals surface area contributed by atoms with Crippen LogP contribution in [0.5, 0.6) is 0 Å². The van der Waals surface area contributed by atoms with Crippen molar-refractivity contribution in [3.63, 3.8) is 0 Å². The van der Waals surface area contributed by atoms with Crippen molar-refractivity contribution in [2.24, 2.45) is 11.8 Å². The SMILES string of the molecule is O[C@@H]1C[C@@H]2CN(Cc3nc(-c4ccccc4)no3)C[C@@H]21. The van der Waals surface area contributed by atoms with Crippen molar-refractivity contribution in [2.75, 3.05) is 13.1 Å². The van der Waals surface area contributed by atoms with Gasteiger partial charge in [0.05, 0.1) is 12.6 Å². The molecule has 1 N–H and O–H groups in total. The largest absolute Gasteiger partial charge is 0.393 e. The van der Waals surface area contributed by atoms with Gasteiger partial charge in [-0.05, 0) is 12.3 Å². The van der Waals surface area contributed by atoms with Crippen LogP contribution in [-0.4, -0.2) is 39.3 Å². The topological polar surface area (TPSA) is 62.4 Å². The minimum absolute atomic E-state index is 0.104. The number of likely N-dealkylation sites (tertiary alicyclic amines) is 1. The second kappa shape index (κ2) is 4.68. The second-order valence-electron chi connectivity index (χ2n) is 5.80. The minimum Gasteiger partial charge on any atom is -0.393 e. The van der Waals surface area contributed by atoms with Gasteiger partial charge in [-0.15, -0.1) is 0 Å². The lowest BCUT2D eigenvalue weighted by Gasteiger charge is -2.35. The van der Waals surface area contributed by atoms with Crippen LogP contribution in [-0.2, 0) is 6.54 Å². The molecule has 0 amide bonds. The molecule has 5 nitrogen and oxygen atoms in total. The molecule has 1 saturated heterocycles. The molecular weight excluding hydrogens is 254 g/mol. The van der Waals surface area contributed by atoms with E-state index in [1.165, 1.54) is 0 Å². The van der Waals surface area contributed by atoms with Crippen molar-refractivity contribution >= 4 is 0 Å². The number of rotatable bonds is 3. The summed E-state index contributed by atoms with van der Waals surface area (Å²) in [6.07, 6.45) is 0.841. The van der Waals surface area contributed by atoms with Gasteiger partial charge in [0.1, 0.15) is 0 Å². The maximum atomic E-state index is 9.68. The van der Waals surface area contributed by atoms with Crippen LogP contribution in [0.2, 0.25) is 0 Å². The summed E-state index contributed by atoms with van der Waals surface area (Å²) in [6.45, 7) is 2.65. The van der Waals surface area contributed by atoms with Gasteiger partial charge in [-0.2, -0.15) is 4.98 Å². The van der Waals surface area contributed by atoms with E-state index in [9.17, 15) is 5.11 Å². The summed E-state index contributed by atoms with van der Waals surface area (Å²) in [5, 5.41) is 13.7. The molecule has 1 aromatic heterocycles.